The smallest absolute Gasteiger partial charge is 0.344 e. The minimum Gasteiger partial charge on any atom is -0.495 e. The van der Waals surface area contributed by atoms with Crippen molar-refractivity contribution in [2.24, 2.45) is 0 Å². The number of fused-ring (bicyclic) bond motifs is 2. The van der Waals surface area contributed by atoms with Crippen molar-refractivity contribution in [2.75, 3.05) is 12.4 Å². The number of anilines is 1. The SMILES string of the molecule is COc1ccc(-n2nc3cc(C)c(NC(=O)c4cccc(-c5cc6ccccc6oc5=O)c4)cc3n2)cc1Cl. The van der Waals surface area contributed by atoms with Gasteiger partial charge in [-0.1, -0.05) is 41.9 Å². The molecule has 0 atom stereocenters. The van der Waals surface area contributed by atoms with E-state index in [9.17, 15) is 9.59 Å². The molecule has 8 nitrogen and oxygen atoms in total. The quantitative estimate of drug-likeness (QED) is 0.255. The highest BCUT2D eigenvalue weighted by Gasteiger charge is 2.15. The Morgan fingerprint density at radius 3 is 2.54 bits per heavy atom. The van der Waals surface area contributed by atoms with Crippen molar-refractivity contribution in [1.82, 2.24) is 15.0 Å². The molecule has 0 bridgehead atoms. The van der Waals surface area contributed by atoms with E-state index in [0.29, 0.717) is 55.5 Å². The summed E-state index contributed by atoms with van der Waals surface area (Å²) >= 11 is 6.26. The van der Waals surface area contributed by atoms with Crippen LogP contribution < -0.4 is 15.7 Å². The number of methoxy groups -OCH3 is 1. The Morgan fingerprint density at radius 2 is 1.74 bits per heavy atom. The predicted molar refractivity (Wildman–Crippen MR) is 151 cm³/mol. The first-order chi connectivity index (χ1) is 18.9. The maximum atomic E-state index is 13.2. The third-order valence-electron chi connectivity index (χ3n) is 6.42. The largest absolute Gasteiger partial charge is 0.495 e. The number of ether oxygens (including phenoxy) is 1. The zero-order valence-electron chi connectivity index (χ0n) is 20.9. The molecular formula is C30H21ClN4O4. The summed E-state index contributed by atoms with van der Waals surface area (Å²) in [6.07, 6.45) is 0. The van der Waals surface area contributed by atoms with Crippen molar-refractivity contribution in [3.63, 3.8) is 0 Å². The molecule has 0 unspecified atom stereocenters. The number of rotatable bonds is 5. The molecule has 1 amide bonds. The summed E-state index contributed by atoms with van der Waals surface area (Å²) in [5, 5.41) is 13.3. The molecule has 6 aromatic rings. The topological polar surface area (TPSA) is 99.2 Å². The van der Waals surface area contributed by atoms with E-state index in [2.05, 4.69) is 15.5 Å². The first-order valence-corrected chi connectivity index (χ1v) is 12.4. The summed E-state index contributed by atoms with van der Waals surface area (Å²) in [5.41, 5.74) is 4.79. The second-order valence-electron chi connectivity index (χ2n) is 8.98. The van der Waals surface area contributed by atoms with Crippen LogP contribution in [0.5, 0.6) is 5.75 Å². The highest BCUT2D eigenvalue weighted by Crippen LogP contribution is 2.28. The maximum absolute atomic E-state index is 13.2. The van der Waals surface area contributed by atoms with E-state index in [0.717, 1.165) is 10.9 Å². The van der Waals surface area contributed by atoms with Crippen LogP contribution in [0.15, 0.2) is 94.1 Å². The van der Waals surface area contributed by atoms with Crippen molar-refractivity contribution in [1.29, 1.82) is 0 Å². The number of aromatic nitrogens is 3. The molecule has 39 heavy (non-hydrogen) atoms. The third kappa shape index (κ3) is 4.62. The second kappa shape index (κ2) is 9.74. The summed E-state index contributed by atoms with van der Waals surface area (Å²) in [6, 6.07) is 24.9. The number of carbonyl (C=O) groups is 1. The van der Waals surface area contributed by atoms with Crippen molar-refractivity contribution in [2.45, 2.75) is 6.92 Å². The van der Waals surface area contributed by atoms with Gasteiger partial charge in [0.15, 0.2) is 0 Å². The van der Waals surface area contributed by atoms with Gasteiger partial charge < -0.3 is 14.5 Å². The highest BCUT2D eigenvalue weighted by atomic mass is 35.5. The Labute approximate surface area is 227 Å². The summed E-state index contributed by atoms with van der Waals surface area (Å²) in [6.45, 7) is 1.88. The van der Waals surface area contributed by atoms with Crippen LogP contribution in [0.25, 0.3) is 38.8 Å². The van der Waals surface area contributed by atoms with Crippen LogP contribution >= 0.6 is 11.6 Å². The highest BCUT2D eigenvalue weighted by molar-refractivity contribution is 6.32. The van der Waals surface area contributed by atoms with Gasteiger partial charge in [-0.05, 0) is 72.6 Å². The lowest BCUT2D eigenvalue weighted by molar-refractivity contribution is 0.102. The molecule has 9 heteroatoms. The number of halogens is 1. The normalized spacial score (nSPS) is 11.2. The van der Waals surface area contributed by atoms with E-state index in [-0.39, 0.29) is 5.91 Å². The molecule has 0 fully saturated rings. The number of nitrogens with one attached hydrogen (secondary N) is 1. The van der Waals surface area contributed by atoms with E-state index in [1.54, 1.807) is 61.7 Å². The fourth-order valence-electron chi connectivity index (χ4n) is 4.38. The zero-order valence-corrected chi connectivity index (χ0v) is 21.7. The summed E-state index contributed by atoms with van der Waals surface area (Å²) in [7, 11) is 1.55. The molecule has 0 spiro atoms. The van der Waals surface area contributed by atoms with Gasteiger partial charge in [0.1, 0.15) is 22.4 Å². The van der Waals surface area contributed by atoms with E-state index >= 15 is 0 Å². The summed E-state index contributed by atoms with van der Waals surface area (Å²) in [5.74, 6) is 0.238. The lowest BCUT2D eigenvalue weighted by Crippen LogP contribution is -2.13. The van der Waals surface area contributed by atoms with Crippen LogP contribution in [0.2, 0.25) is 5.02 Å². The van der Waals surface area contributed by atoms with Gasteiger partial charge in [0, 0.05) is 16.6 Å². The molecule has 0 radical (unpaired) electrons. The molecule has 0 aliphatic carbocycles. The summed E-state index contributed by atoms with van der Waals surface area (Å²) < 4.78 is 10.7. The Morgan fingerprint density at radius 1 is 0.949 bits per heavy atom. The van der Waals surface area contributed by atoms with Crippen LogP contribution in [-0.2, 0) is 0 Å². The van der Waals surface area contributed by atoms with Gasteiger partial charge >= 0.3 is 5.63 Å². The van der Waals surface area contributed by atoms with Crippen LogP contribution in [-0.4, -0.2) is 28.0 Å². The molecule has 0 aliphatic heterocycles. The van der Waals surface area contributed by atoms with Crippen molar-refractivity contribution < 1.29 is 13.9 Å². The van der Waals surface area contributed by atoms with Gasteiger partial charge in [0.05, 0.1) is 23.4 Å². The van der Waals surface area contributed by atoms with Gasteiger partial charge in [-0.2, -0.15) is 4.80 Å². The third-order valence-corrected chi connectivity index (χ3v) is 6.71. The number of nitrogens with zero attached hydrogens (tertiary/aromatic N) is 3. The minimum absolute atomic E-state index is 0.321. The minimum atomic E-state index is -0.464. The lowest BCUT2D eigenvalue weighted by atomic mass is 10.0. The molecule has 0 saturated heterocycles. The van der Waals surface area contributed by atoms with Crippen LogP contribution in [0.4, 0.5) is 5.69 Å². The average Bonchev–Trinajstić information content (AvgIpc) is 3.35. The number of hydrogen-bond donors (Lipinski definition) is 1. The second-order valence-corrected chi connectivity index (χ2v) is 9.39. The summed E-state index contributed by atoms with van der Waals surface area (Å²) in [4.78, 5) is 27.3. The molecule has 192 valence electrons. The van der Waals surface area contributed by atoms with E-state index in [1.165, 1.54) is 4.80 Å². The van der Waals surface area contributed by atoms with Gasteiger partial charge in [0.2, 0.25) is 0 Å². The Hall–Kier alpha value is -4.95. The first kappa shape index (κ1) is 24.4. The molecule has 4 aromatic carbocycles. The zero-order chi connectivity index (χ0) is 27.1. The Balaban J connectivity index is 1.29. The molecule has 2 aromatic heterocycles. The number of hydrogen-bond acceptors (Lipinski definition) is 6. The molecular weight excluding hydrogens is 516 g/mol. The van der Waals surface area contributed by atoms with E-state index < -0.39 is 5.63 Å². The van der Waals surface area contributed by atoms with E-state index in [1.807, 2.05) is 37.3 Å². The molecule has 0 saturated carbocycles. The fourth-order valence-corrected chi connectivity index (χ4v) is 4.64. The van der Waals surface area contributed by atoms with Crippen molar-refractivity contribution in [3.05, 3.63) is 111 Å². The van der Waals surface area contributed by atoms with Gasteiger partial charge in [0.25, 0.3) is 5.91 Å². The van der Waals surface area contributed by atoms with Gasteiger partial charge in [-0.3, -0.25) is 4.79 Å². The number of carbonyl (C=O) groups excluding carboxylic acids is 1. The maximum Gasteiger partial charge on any atom is 0.344 e. The van der Waals surface area contributed by atoms with Gasteiger partial charge in [-0.15, -0.1) is 10.2 Å². The van der Waals surface area contributed by atoms with Gasteiger partial charge in [-0.25, -0.2) is 4.79 Å². The molecule has 0 aliphatic rings. The first-order valence-electron chi connectivity index (χ1n) is 12.1. The standard InChI is InChI=1S/C30H21ClN4O4/c1-17-12-25-26(34-35(33-25)21-10-11-28(38-2)23(31)15-21)16-24(17)32-29(36)20-8-5-7-18(13-20)22-14-19-6-3-4-9-27(19)39-30(22)37/h3-16H,1-2H3,(H,32,36). The lowest BCUT2D eigenvalue weighted by Gasteiger charge is -2.09. The number of amides is 1. The molecule has 6 rings (SSSR count). The Bertz CT molecular complexity index is 1960. The van der Waals surface area contributed by atoms with Crippen molar-refractivity contribution >= 4 is 45.2 Å². The van der Waals surface area contributed by atoms with Crippen LogP contribution in [0.1, 0.15) is 15.9 Å². The van der Waals surface area contributed by atoms with E-state index in [4.69, 9.17) is 20.8 Å². The van der Waals surface area contributed by atoms with Crippen LogP contribution in [0, 0.1) is 6.92 Å². The Kier molecular flexibility index (Phi) is 6.09. The number of benzene rings is 4. The number of aryl methyl sites for hydroxylation is 1. The van der Waals surface area contributed by atoms with Crippen LogP contribution in [0.3, 0.4) is 0 Å². The average molecular weight is 537 g/mol. The predicted octanol–water partition coefficient (Wildman–Crippen LogP) is 6.42. The fraction of sp³-hybridized carbons (Fsp3) is 0.0667. The van der Waals surface area contributed by atoms with Crippen molar-refractivity contribution in [3.8, 4) is 22.6 Å². The number of para-hydroxylation sites is 1. The monoisotopic (exact) mass is 536 g/mol. The molecule has 1 N–H and O–H groups in total. The molecule has 2 heterocycles.